The van der Waals surface area contributed by atoms with Gasteiger partial charge in [-0.15, -0.1) is 0 Å². The Hall–Kier alpha value is -2.51. The highest BCUT2D eigenvalue weighted by Gasteiger charge is 2.24. The molecule has 8 heteroatoms. The van der Waals surface area contributed by atoms with Gasteiger partial charge >= 0.3 is 12.1 Å². The Bertz CT molecular complexity index is 631. The molecule has 0 spiro atoms. The number of aromatic amines is 1. The van der Waals surface area contributed by atoms with Gasteiger partial charge in [0.15, 0.2) is 0 Å². The number of ether oxygens (including phenoxy) is 2. The summed E-state index contributed by atoms with van der Waals surface area (Å²) < 4.78 is 10.0. The number of rotatable bonds is 7. The zero-order chi connectivity index (χ0) is 19.9. The van der Waals surface area contributed by atoms with E-state index in [-0.39, 0.29) is 25.1 Å². The van der Waals surface area contributed by atoms with Crippen LogP contribution in [0.1, 0.15) is 63.8 Å². The largest absolute Gasteiger partial charge is 0.465 e. The highest BCUT2D eigenvalue weighted by molar-refractivity contribution is 5.94. The number of amides is 2. The highest BCUT2D eigenvalue weighted by Crippen LogP contribution is 2.22. The molecule has 1 aromatic rings. The molecule has 0 aliphatic rings. The van der Waals surface area contributed by atoms with Crippen molar-refractivity contribution in [2.24, 2.45) is 5.92 Å². The van der Waals surface area contributed by atoms with Crippen LogP contribution in [0, 0.1) is 5.92 Å². The first kappa shape index (κ1) is 21.5. The van der Waals surface area contributed by atoms with Crippen LogP contribution in [0.25, 0.3) is 0 Å². The molecular weight excluding hydrogens is 338 g/mol. The van der Waals surface area contributed by atoms with Crippen LogP contribution in [0.2, 0.25) is 0 Å². The quantitative estimate of drug-likeness (QED) is 0.642. The minimum absolute atomic E-state index is 0.0663. The first-order valence-corrected chi connectivity index (χ1v) is 8.65. The molecular formula is C18H29N3O5. The average Bonchev–Trinajstić information content (AvgIpc) is 2.98. The van der Waals surface area contributed by atoms with Crippen molar-refractivity contribution >= 4 is 18.0 Å². The van der Waals surface area contributed by atoms with Crippen molar-refractivity contribution in [3.8, 4) is 0 Å². The van der Waals surface area contributed by atoms with E-state index in [1.807, 2.05) is 13.8 Å². The second-order valence-corrected chi connectivity index (χ2v) is 7.18. The molecule has 0 radical (unpaired) electrons. The van der Waals surface area contributed by atoms with E-state index in [0.29, 0.717) is 11.4 Å². The second kappa shape index (κ2) is 9.26. The molecule has 8 nitrogen and oxygen atoms in total. The van der Waals surface area contributed by atoms with Gasteiger partial charge in [-0.2, -0.15) is 0 Å². The third-order valence-electron chi connectivity index (χ3n) is 3.33. The summed E-state index contributed by atoms with van der Waals surface area (Å²) in [5.74, 6) is -0.861. The summed E-state index contributed by atoms with van der Waals surface area (Å²) in [5, 5.41) is 5.29. The number of hydrogen-bond acceptors (Lipinski definition) is 5. The van der Waals surface area contributed by atoms with Crippen LogP contribution in [0.3, 0.4) is 0 Å². The molecule has 1 heterocycles. The number of carbonyl (C=O) groups excluding carboxylic acids is 3. The summed E-state index contributed by atoms with van der Waals surface area (Å²) in [7, 11) is 0. The third-order valence-corrected chi connectivity index (χ3v) is 3.33. The van der Waals surface area contributed by atoms with Gasteiger partial charge in [0.25, 0.3) is 5.91 Å². The molecule has 3 N–H and O–H groups in total. The molecule has 0 bridgehead atoms. The van der Waals surface area contributed by atoms with Crippen LogP contribution < -0.4 is 10.6 Å². The van der Waals surface area contributed by atoms with Crippen LogP contribution in [0.4, 0.5) is 4.79 Å². The Labute approximate surface area is 154 Å². The van der Waals surface area contributed by atoms with Crippen molar-refractivity contribution in [2.75, 3.05) is 13.2 Å². The lowest BCUT2D eigenvalue weighted by molar-refractivity contribution is -0.141. The van der Waals surface area contributed by atoms with E-state index in [9.17, 15) is 14.4 Å². The fourth-order valence-corrected chi connectivity index (χ4v) is 2.22. The van der Waals surface area contributed by atoms with Crippen LogP contribution in [0.15, 0.2) is 12.1 Å². The standard InChI is InChI=1S/C18H29N3O5/c1-7-25-14(22)10-19-16(23)13-9-8-12(20-13)15(11(2)3)21-17(24)26-18(4,5)6/h8-9,11,15,20H,7,10H2,1-6H3,(H,19,23)(H,21,24). The van der Waals surface area contributed by atoms with E-state index >= 15 is 0 Å². The Morgan fingerprint density at radius 3 is 2.38 bits per heavy atom. The maximum Gasteiger partial charge on any atom is 0.408 e. The van der Waals surface area contributed by atoms with E-state index in [2.05, 4.69) is 15.6 Å². The van der Waals surface area contributed by atoms with Crippen molar-refractivity contribution in [1.82, 2.24) is 15.6 Å². The fraction of sp³-hybridized carbons (Fsp3) is 0.611. The van der Waals surface area contributed by atoms with E-state index < -0.39 is 23.6 Å². The molecule has 0 saturated carbocycles. The molecule has 0 aliphatic heterocycles. The first-order chi connectivity index (χ1) is 12.0. The van der Waals surface area contributed by atoms with E-state index in [0.717, 1.165) is 0 Å². The monoisotopic (exact) mass is 367 g/mol. The molecule has 0 fully saturated rings. The number of carbonyl (C=O) groups is 3. The molecule has 0 saturated heterocycles. The first-order valence-electron chi connectivity index (χ1n) is 8.65. The SMILES string of the molecule is CCOC(=O)CNC(=O)c1ccc(C(NC(=O)OC(C)(C)C)C(C)C)[nH]1. The summed E-state index contributed by atoms with van der Waals surface area (Å²) >= 11 is 0. The highest BCUT2D eigenvalue weighted by atomic mass is 16.6. The predicted octanol–water partition coefficient (Wildman–Crippen LogP) is 2.53. The summed E-state index contributed by atoms with van der Waals surface area (Å²) in [6.45, 7) is 11.0. The molecule has 1 unspecified atom stereocenters. The van der Waals surface area contributed by atoms with Crippen molar-refractivity contribution in [3.05, 3.63) is 23.5 Å². The van der Waals surface area contributed by atoms with Gasteiger partial charge in [-0.25, -0.2) is 4.79 Å². The molecule has 0 aromatic carbocycles. The van der Waals surface area contributed by atoms with Crippen LogP contribution >= 0.6 is 0 Å². The second-order valence-electron chi connectivity index (χ2n) is 7.18. The number of alkyl carbamates (subject to hydrolysis) is 1. The molecule has 1 rings (SSSR count). The fourth-order valence-electron chi connectivity index (χ4n) is 2.22. The van der Waals surface area contributed by atoms with Crippen molar-refractivity contribution < 1.29 is 23.9 Å². The van der Waals surface area contributed by atoms with E-state index in [4.69, 9.17) is 9.47 Å². The zero-order valence-electron chi connectivity index (χ0n) is 16.3. The van der Waals surface area contributed by atoms with Gasteiger partial charge in [0.05, 0.1) is 12.6 Å². The Kier molecular flexibility index (Phi) is 7.67. The Morgan fingerprint density at radius 1 is 1.19 bits per heavy atom. The van der Waals surface area contributed by atoms with E-state index in [1.165, 1.54) is 0 Å². The number of hydrogen-bond donors (Lipinski definition) is 3. The Balaban J connectivity index is 2.76. The van der Waals surface area contributed by atoms with Gasteiger partial charge in [-0.1, -0.05) is 13.8 Å². The topological polar surface area (TPSA) is 110 Å². The average molecular weight is 367 g/mol. The minimum atomic E-state index is -0.598. The van der Waals surface area contributed by atoms with Crippen LogP contribution in [-0.2, 0) is 14.3 Å². The lowest BCUT2D eigenvalue weighted by atomic mass is 10.0. The Morgan fingerprint density at radius 2 is 1.85 bits per heavy atom. The number of aromatic nitrogens is 1. The van der Waals surface area contributed by atoms with Crippen molar-refractivity contribution in [2.45, 2.75) is 53.2 Å². The van der Waals surface area contributed by atoms with Gasteiger partial charge in [-0.3, -0.25) is 9.59 Å². The molecule has 2 amide bonds. The zero-order valence-corrected chi connectivity index (χ0v) is 16.3. The van der Waals surface area contributed by atoms with Gasteiger partial charge in [0.2, 0.25) is 0 Å². The molecule has 1 atom stereocenters. The molecule has 1 aromatic heterocycles. The number of esters is 1. The van der Waals surface area contributed by atoms with Crippen molar-refractivity contribution in [1.29, 1.82) is 0 Å². The third kappa shape index (κ3) is 7.16. The van der Waals surface area contributed by atoms with Crippen LogP contribution in [-0.4, -0.2) is 41.7 Å². The summed E-state index contributed by atoms with van der Waals surface area (Å²) in [6.07, 6.45) is -0.529. The summed E-state index contributed by atoms with van der Waals surface area (Å²) in [5.41, 5.74) is 0.368. The smallest absolute Gasteiger partial charge is 0.408 e. The van der Waals surface area contributed by atoms with E-state index in [1.54, 1.807) is 39.8 Å². The van der Waals surface area contributed by atoms with Gasteiger partial charge in [0.1, 0.15) is 17.8 Å². The van der Waals surface area contributed by atoms with Gasteiger partial charge in [0, 0.05) is 5.69 Å². The van der Waals surface area contributed by atoms with Gasteiger partial charge in [-0.05, 0) is 45.7 Å². The molecule has 26 heavy (non-hydrogen) atoms. The normalized spacial score (nSPS) is 12.4. The minimum Gasteiger partial charge on any atom is -0.465 e. The van der Waals surface area contributed by atoms with Gasteiger partial charge < -0.3 is 25.1 Å². The number of H-pyrrole nitrogens is 1. The maximum absolute atomic E-state index is 12.1. The lowest BCUT2D eigenvalue weighted by Gasteiger charge is -2.25. The number of nitrogens with one attached hydrogen (secondary N) is 3. The molecule has 0 aliphatic carbocycles. The summed E-state index contributed by atoms with van der Waals surface area (Å²) in [6, 6.07) is 2.97. The molecule has 146 valence electrons. The maximum atomic E-state index is 12.1. The predicted molar refractivity (Wildman–Crippen MR) is 96.7 cm³/mol. The van der Waals surface area contributed by atoms with Crippen LogP contribution in [0.5, 0.6) is 0 Å². The summed E-state index contributed by atoms with van der Waals surface area (Å²) in [4.78, 5) is 38.4. The lowest BCUT2D eigenvalue weighted by Crippen LogP contribution is -2.37. The van der Waals surface area contributed by atoms with Crippen molar-refractivity contribution in [3.63, 3.8) is 0 Å².